The van der Waals surface area contributed by atoms with Gasteiger partial charge in [-0.1, -0.05) is 98.5 Å². The molecule has 0 bridgehead atoms. The fraction of sp³-hybridized carbons (Fsp3) is 0.412. The molecule has 1 saturated carbocycles. The van der Waals surface area contributed by atoms with Gasteiger partial charge in [0, 0.05) is 19.0 Å². The lowest BCUT2D eigenvalue weighted by Crippen LogP contribution is -2.55. The maximum atomic E-state index is 14.2. The Labute approximate surface area is 251 Å². The Morgan fingerprint density at radius 3 is 2.07 bits per heavy atom. The van der Waals surface area contributed by atoms with Crippen LogP contribution in [0.5, 0.6) is 0 Å². The van der Waals surface area contributed by atoms with Crippen LogP contribution in [0, 0.1) is 6.92 Å². The topological polar surface area (TPSA) is 86.8 Å². The number of nitrogens with zero attached hydrogens (tertiary/aromatic N) is 2. The third kappa shape index (κ3) is 8.68. The van der Waals surface area contributed by atoms with Crippen LogP contribution in [0.25, 0.3) is 0 Å². The molecule has 224 valence electrons. The molecule has 1 atom stereocenters. The zero-order chi connectivity index (χ0) is 30.1. The molecule has 1 fully saturated rings. The van der Waals surface area contributed by atoms with Gasteiger partial charge in [0.05, 0.1) is 11.9 Å². The molecule has 0 aliphatic heterocycles. The summed E-state index contributed by atoms with van der Waals surface area (Å²) in [5, 5.41) is 3.23. The molecule has 1 aliphatic carbocycles. The molecule has 1 unspecified atom stereocenters. The minimum Gasteiger partial charge on any atom is -0.352 e. The van der Waals surface area contributed by atoms with Crippen molar-refractivity contribution in [2.75, 3.05) is 17.1 Å². The number of hydrogen-bond acceptors (Lipinski definition) is 4. The molecular formula is C34H43N3O4S. The highest BCUT2D eigenvalue weighted by Gasteiger charge is 2.34. The summed E-state index contributed by atoms with van der Waals surface area (Å²) in [7, 11) is -3.79. The Morgan fingerprint density at radius 1 is 0.857 bits per heavy atom. The molecule has 0 aromatic heterocycles. The summed E-state index contributed by atoms with van der Waals surface area (Å²) in [6.45, 7) is 3.80. The van der Waals surface area contributed by atoms with Crippen LogP contribution in [0.15, 0.2) is 78.9 Å². The summed E-state index contributed by atoms with van der Waals surface area (Å²) >= 11 is 0. The molecular weight excluding hydrogens is 546 g/mol. The third-order valence-corrected chi connectivity index (χ3v) is 9.15. The number of rotatable bonds is 12. The number of anilines is 1. The van der Waals surface area contributed by atoms with Crippen LogP contribution in [0.4, 0.5) is 5.69 Å². The zero-order valence-corrected chi connectivity index (χ0v) is 25.8. The van der Waals surface area contributed by atoms with E-state index >= 15 is 0 Å². The monoisotopic (exact) mass is 589 g/mol. The van der Waals surface area contributed by atoms with E-state index in [9.17, 15) is 18.0 Å². The number of nitrogens with one attached hydrogen (secondary N) is 1. The van der Waals surface area contributed by atoms with Crippen LogP contribution >= 0.6 is 0 Å². The van der Waals surface area contributed by atoms with Gasteiger partial charge < -0.3 is 10.2 Å². The first-order chi connectivity index (χ1) is 20.1. The van der Waals surface area contributed by atoms with E-state index in [0.717, 1.165) is 64.9 Å². The zero-order valence-electron chi connectivity index (χ0n) is 25.0. The predicted molar refractivity (Wildman–Crippen MR) is 169 cm³/mol. The average Bonchev–Trinajstić information content (AvgIpc) is 2.99. The summed E-state index contributed by atoms with van der Waals surface area (Å²) in [5.74, 6) is -0.635. The molecule has 0 saturated heterocycles. The highest BCUT2D eigenvalue weighted by atomic mass is 32.2. The smallest absolute Gasteiger partial charge is 0.244 e. The normalized spacial score (nSPS) is 14.6. The standard InChI is InChI=1S/C34H43N3O4S/c1-4-27-19-21-31(22-20-27)37(42(3,40)41)25-33(38)36(24-29-17-15-26(2)16-18-29)32(23-28-11-7-5-8-12-28)34(39)35-30-13-9-6-10-14-30/h5,7-8,11-12,15-22,30,32H,4,6,9-10,13-14,23-25H2,1-3H3,(H,35,39). The number of carbonyl (C=O) groups excluding carboxylic acids is 2. The second-order valence-electron chi connectivity index (χ2n) is 11.3. The van der Waals surface area contributed by atoms with Crippen molar-refractivity contribution in [2.45, 2.75) is 77.4 Å². The highest BCUT2D eigenvalue weighted by Crippen LogP contribution is 2.23. The molecule has 1 N–H and O–H groups in total. The van der Waals surface area contributed by atoms with Crippen molar-refractivity contribution in [2.24, 2.45) is 0 Å². The van der Waals surface area contributed by atoms with Crippen molar-refractivity contribution < 1.29 is 18.0 Å². The fourth-order valence-corrected chi connectivity index (χ4v) is 6.35. The minimum absolute atomic E-state index is 0.0745. The Morgan fingerprint density at radius 2 is 1.48 bits per heavy atom. The van der Waals surface area contributed by atoms with Crippen LogP contribution in [0.1, 0.15) is 61.3 Å². The predicted octanol–water partition coefficient (Wildman–Crippen LogP) is 5.41. The van der Waals surface area contributed by atoms with E-state index in [-0.39, 0.29) is 18.5 Å². The summed E-state index contributed by atoms with van der Waals surface area (Å²) < 4.78 is 27.1. The van der Waals surface area contributed by atoms with E-state index < -0.39 is 28.5 Å². The minimum atomic E-state index is -3.79. The lowest BCUT2D eigenvalue weighted by atomic mass is 9.94. The number of aryl methyl sites for hydroxylation is 2. The SMILES string of the molecule is CCc1ccc(N(CC(=O)N(Cc2ccc(C)cc2)C(Cc2ccccc2)C(=O)NC2CCCCC2)S(C)(=O)=O)cc1. The van der Waals surface area contributed by atoms with Crippen molar-refractivity contribution in [3.63, 3.8) is 0 Å². The summed E-state index contributed by atoms with van der Waals surface area (Å²) in [4.78, 5) is 29.8. The van der Waals surface area contributed by atoms with Crippen molar-refractivity contribution in [3.8, 4) is 0 Å². The highest BCUT2D eigenvalue weighted by molar-refractivity contribution is 7.92. The van der Waals surface area contributed by atoms with Crippen LogP contribution in [-0.2, 0) is 39.0 Å². The molecule has 7 nitrogen and oxygen atoms in total. The molecule has 3 aromatic carbocycles. The molecule has 0 heterocycles. The average molecular weight is 590 g/mol. The Balaban J connectivity index is 1.70. The number of benzene rings is 3. The molecule has 3 aromatic rings. The summed E-state index contributed by atoms with van der Waals surface area (Å²) in [6.07, 6.45) is 7.40. The maximum absolute atomic E-state index is 14.2. The number of amides is 2. The van der Waals surface area contributed by atoms with Gasteiger partial charge in [0.25, 0.3) is 0 Å². The third-order valence-electron chi connectivity index (χ3n) is 8.01. The summed E-state index contributed by atoms with van der Waals surface area (Å²) in [6, 6.07) is 24.0. The van der Waals surface area contributed by atoms with Gasteiger partial charge in [0.1, 0.15) is 12.6 Å². The fourth-order valence-electron chi connectivity index (χ4n) is 5.50. The molecule has 0 radical (unpaired) electrons. The van der Waals surface area contributed by atoms with Gasteiger partial charge in [0.15, 0.2) is 0 Å². The Bertz CT molecular complexity index is 1420. The molecule has 4 rings (SSSR count). The molecule has 42 heavy (non-hydrogen) atoms. The quantitative estimate of drug-likeness (QED) is 0.306. The summed E-state index contributed by atoms with van der Waals surface area (Å²) in [5.41, 5.74) is 4.38. The largest absolute Gasteiger partial charge is 0.352 e. The van der Waals surface area contributed by atoms with Crippen LogP contribution in [0.2, 0.25) is 0 Å². The van der Waals surface area contributed by atoms with Gasteiger partial charge in [-0.15, -0.1) is 0 Å². The van der Waals surface area contributed by atoms with Gasteiger partial charge in [-0.05, 0) is 55.0 Å². The van der Waals surface area contributed by atoms with Crippen molar-refractivity contribution in [1.29, 1.82) is 0 Å². The first kappa shape index (κ1) is 31.3. The second-order valence-corrected chi connectivity index (χ2v) is 13.3. The molecule has 2 amide bonds. The van der Waals surface area contributed by atoms with Gasteiger partial charge >= 0.3 is 0 Å². The lowest BCUT2D eigenvalue weighted by molar-refractivity contribution is -0.140. The Hall–Kier alpha value is -3.65. The molecule has 1 aliphatic rings. The van der Waals surface area contributed by atoms with Crippen LogP contribution < -0.4 is 9.62 Å². The molecule has 0 spiro atoms. The van der Waals surface area contributed by atoms with Crippen molar-refractivity contribution in [1.82, 2.24) is 10.2 Å². The van der Waals surface area contributed by atoms with Gasteiger partial charge in [-0.25, -0.2) is 8.42 Å². The second kappa shape index (κ2) is 14.5. The van der Waals surface area contributed by atoms with Gasteiger partial charge in [0.2, 0.25) is 21.8 Å². The number of sulfonamides is 1. The van der Waals surface area contributed by atoms with E-state index in [1.165, 1.54) is 6.42 Å². The van der Waals surface area contributed by atoms with Gasteiger partial charge in [-0.3, -0.25) is 13.9 Å². The van der Waals surface area contributed by atoms with Crippen LogP contribution in [0.3, 0.4) is 0 Å². The van der Waals surface area contributed by atoms with Crippen molar-refractivity contribution in [3.05, 3.63) is 101 Å². The van der Waals surface area contributed by atoms with Crippen LogP contribution in [-0.4, -0.2) is 50.0 Å². The van der Waals surface area contributed by atoms with E-state index in [4.69, 9.17) is 0 Å². The first-order valence-electron chi connectivity index (χ1n) is 14.9. The number of carbonyl (C=O) groups is 2. The van der Waals surface area contributed by atoms with Crippen molar-refractivity contribution >= 4 is 27.5 Å². The molecule has 8 heteroatoms. The van der Waals surface area contributed by atoms with Gasteiger partial charge in [-0.2, -0.15) is 0 Å². The van der Waals surface area contributed by atoms with E-state index in [1.807, 2.05) is 80.6 Å². The maximum Gasteiger partial charge on any atom is 0.244 e. The Kier molecular flexibility index (Phi) is 10.8. The number of hydrogen-bond donors (Lipinski definition) is 1. The van der Waals surface area contributed by atoms with E-state index in [1.54, 1.807) is 17.0 Å². The lowest BCUT2D eigenvalue weighted by Gasteiger charge is -2.35. The van der Waals surface area contributed by atoms with E-state index in [0.29, 0.717) is 12.1 Å². The first-order valence-corrected chi connectivity index (χ1v) is 16.7. The van der Waals surface area contributed by atoms with E-state index in [2.05, 4.69) is 5.32 Å².